The van der Waals surface area contributed by atoms with Crippen molar-refractivity contribution in [3.63, 3.8) is 0 Å². The topological polar surface area (TPSA) is 33.1 Å². The largest absolute Gasteiger partial charge is 0.309 e. The minimum Gasteiger partial charge on any atom is -0.309 e. The molecule has 4 heteroatoms. The molecule has 0 saturated heterocycles. The van der Waals surface area contributed by atoms with Gasteiger partial charge in [0.25, 0.3) is 0 Å². The quantitative estimate of drug-likeness (QED) is 0.832. The predicted molar refractivity (Wildman–Crippen MR) is 83.7 cm³/mol. The fourth-order valence-electron chi connectivity index (χ4n) is 3.24. The van der Waals surface area contributed by atoms with Gasteiger partial charge in [0.05, 0.1) is 6.20 Å². The van der Waals surface area contributed by atoms with E-state index in [9.17, 15) is 0 Å². The molecule has 1 aliphatic carbocycles. The van der Waals surface area contributed by atoms with Gasteiger partial charge in [0.1, 0.15) is 0 Å². The molecule has 1 fully saturated rings. The molecule has 1 N–H and O–H groups in total. The van der Waals surface area contributed by atoms with E-state index in [-0.39, 0.29) is 0 Å². The average molecular weight is 278 g/mol. The van der Waals surface area contributed by atoms with Crippen LogP contribution in [0.2, 0.25) is 0 Å². The SMILES string of the molecule is CCC(NCCN(C)C1CCCCC1)c1cnn(C)c1. The molecule has 0 aromatic carbocycles. The number of aromatic nitrogens is 2. The third kappa shape index (κ3) is 4.32. The summed E-state index contributed by atoms with van der Waals surface area (Å²) in [6.07, 6.45) is 12.2. The Kier molecular flexibility index (Phi) is 6.05. The number of likely N-dealkylation sites (N-methyl/N-ethyl adjacent to an activating group) is 1. The van der Waals surface area contributed by atoms with Crippen LogP contribution in [0.3, 0.4) is 0 Å². The van der Waals surface area contributed by atoms with E-state index in [1.807, 2.05) is 17.9 Å². The number of nitrogens with zero attached hydrogens (tertiary/aromatic N) is 3. The maximum Gasteiger partial charge on any atom is 0.0537 e. The van der Waals surface area contributed by atoms with Crippen LogP contribution in [0.25, 0.3) is 0 Å². The van der Waals surface area contributed by atoms with Crippen molar-refractivity contribution < 1.29 is 0 Å². The Hall–Kier alpha value is -0.870. The van der Waals surface area contributed by atoms with Gasteiger partial charge in [-0.1, -0.05) is 26.2 Å². The first-order valence-corrected chi connectivity index (χ1v) is 8.13. The second-order valence-electron chi connectivity index (χ2n) is 6.13. The molecule has 0 amide bonds. The highest BCUT2D eigenvalue weighted by molar-refractivity contribution is 5.09. The Labute approximate surface area is 123 Å². The Morgan fingerprint density at radius 1 is 1.40 bits per heavy atom. The number of nitrogens with one attached hydrogen (secondary N) is 1. The van der Waals surface area contributed by atoms with Gasteiger partial charge in [-0.2, -0.15) is 5.10 Å². The van der Waals surface area contributed by atoms with E-state index < -0.39 is 0 Å². The molecule has 0 aliphatic heterocycles. The molecule has 4 nitrogen and oxygen atoms in total. The van der Waals surface area contributed by atoms with Crippen molar-refractivity contribution in [1.29, 1.82) is 0 Å². The summed E-state index contributed by atoms with van der Waals surface area (Å²) >= 11 is 0. The van der Waals surface area contributed by atoms with Crippen LogP contribution in [-0.2, 0) is 7.05 Å². The van der Waals surface area contributed by atoms with Crippen molar-refractivity contribution in [3.8, 4) is 0 Å². The van der Waals surface area contributed by atoms with Gasteiger partial charge >= 0.3 is 0 Å². The van der Waals surface area contributed by atoms with Crippen LogP contribution < -0.4 is 5.32 Å². The van der Waals surface area contributed by atoms with E-state index in [0.717, 1.165) is 25.6 Å². The highest BCUT2D eigenvalue weighted by atomic mass is 15.2. The molecular weight excluding hydrogens is 248 g/mol. The third-order valence-electron chi connectivity index (χ3n) is 4.59. The van der Waals surface area contributed by atoms with Crippen LogP contribution in [0, 0.1) is 0 Å². The van der Waals surface area contributed by atoms with Crippen LogP contribution in [-0.4, -0.2) is 40.9 Å². The minimum absolute atomic E-state index is 0.434. The summed E-state index contributed by atoms with van der Waals surface area (Å²) in [4.78, 5) is 2.54. The fourth-order valence-corrected chi connectivity index (χ4v) is 3.24. The lowest BCUT2D eigenvalue weighted by atomic mass is 9.94. The molecule has 1 aromatic heterocycles. The number of hydrogen-bond donors (Lipinski definition) is 1. The van der Waals surface area contributed by atoms with Crippen molar-refractivity contribution in [3.05, 3.63) is 18.0 Å². The lowest BCUT2D eigenvalue weighted by molar-refractivity contribution is 0.190. The van der Waals surface area contributed by atoms with Crippen molar-refractivity contribution in [1.82, 2.24) is 20.0 Å². The zero-order valence-corrected chi connectivity index (χ0v) is 13.3. The van der Waals surface area contributed by atoms with Gasteiger partial charge in [-0.05, 0) is 26.3 Å². The van der Waals surface area contributed by atoms with E-state index in [1.54, 1.807) is 0 Å². The summed E-state index contributed by atoms with van der Waals surface area (Å²) in [6.45, 7) is 4.43. The van der Waals surface area contributed by atoms with Crippen molar-refractivity contribution >= 4 is 0 Å². The number of hydrogen-bond acceptors (Lipinski definition) is 3. The maximum atomic E-state index is 4.27. The monoisotopic (exact) mass is 278 g/mol. The lowest BCUT2D eigenvalue weighted by Crippen LogP contribution is -2.38. The van der Waals surface area contributed by atoms with Gasteiger partial charge in [-0.15, -0.1) is 0 Å². The van der Waals surface area contributed by atoms with E-state index >= 15 is 0 Å². The van der Waals surface area contributed by atoms with Gasteiger partial charge in [-0.3, -0.25) is 4.68 Å². The molecule has 1 aromatic rings. The zero-order valence-electron chi connectivity index (χ0n) is 13.3. The maximum absolute atomic E-state index is 4.27. The van der Waals surface area contributed by atoms with Crippen LogP contribution in [0.1, 0.15) is 57.1 Å². The van der Waals surface area contributed by atoms with E-state index in [1.165, 1.54) is 37.7 Å². The molecule has 1 atom stereocenters. The third-order valence-corrected chi connectivity index (χ3v) is 4.59. The first-order valence-electron chi connectivity index (χ1n) is 8.13. The highest BCUT2D eigenvalue weighted by Crippen LogP contribution is 2.21. The Bertz CT molecular complexity index is 382. The molecule has 0 radical (unpaired) electrons. The Morgan fingerprint density at radius 2 is 2.15 bits per heavy atom. The molecule has 1 aliphatic rings. The second-order valence-corrected chi connectivity index (χ2v) is 6.13. The fraction of sp³-hybridized carbons (Fsp3) is 0.812. The molecule has 114 valence electrons. The first-order chi connectivity index (χ1) is 9.70. The summed E-state index contributed by atoms with van der Waals surface area (Å²) in [7, 11) is 4.26. The molecule has 20 heavy (non-hydrogen) atoms. The van der Waals surface area contributed by atoms with Crippen molar-refractivity contribution in [2.24, 2.45) is 7.05 Å². The van der Waals surface area contributed by atoms with Crippen molar-refractivity contribution in [2.45, 2.75) is 57.5 Å². The zero-order chi connectivity index (χ0) is 14.4. The number of rotatable bonds is 7. The molecule has 1 unspecified atom stereocenters. The van der Waals surface area contributed by atoms with Crippen LogP contribution >= 0.6 is 0 Å². The number of aryl methyl sites for hydroxylation is 1. The molecule has 0 spiro atoms. The highest BCUT2D eigenvalue weighted by Gasteiger charge is 2.18. The molecule has 2 rings (SSSR count). The normalized spacial score (nSPS) is 18.6. The summed E-state index contributed by atoms with van der Waals surface area (Å²) in [6, 6.07) is 1.24. The van der Waals surface area contributed by atoms with Crippen LogP contribution in [0.4, 0.5) is 0 Å². The molecule has 0 bridgehead atoms. The van der Waals surface area contributed by atoms with Gasteiger partial charge < -0.3 is 10.2 Å². The standard InChI is InChI=1S/C16H30N4/c1-4-16(14-12-18-20(3)13-14)17-10-11-19(2)15-8-6-5-7-9-15/h12-13,15-17H,4-11H2,1-3H3. The van der Waals surface area contributed by atoms with Gasteiger partial charge in [0.2, 0.25) is 0 Å². The second kappa shape index (κ2) is 7.79. The van der Waals surface area contributed by atoms with Gasteiger partial charge in [-0.25, -0.2) is 0 Å². The first kappa shape index (κ1) is 15.5. The van der Waals surface area contributed by atoms with Crippen LogP contribution in [0.15, 0.2) is 12.4 Å². The molecule has 1 heterocycles. The Balaban J connectivity index is 1.73. The molecule has 1 saturated carbocycles. The summed E-state index contributed by atoms with van der Waals surface area (Å²) in [5, 5.41) is 7.94. The summed E-state index contributed by atoms with van der Waals surface area (Å²) in [5.74, 6) is 0. The van der Waals surface area contributed by atoms with Gasteiger partial charge in [0.15, 0.2) is 0 Å². The average Bonchev–Trinajstić information content (AvgIpc) is 2.90. The predicted octanol–water partition coefficient (Wildman–Crippen LogP) is 2.73. The van der Waals surface area contributed by atoms with Gasteiger partial charge in [0, 0.05) is 44.0 Å². The Morgan fingerprint density at radius 3 is 2.75 bits per heavy atom. The summed E-state index contributed by atoms with van der Waals surface area (Å²) in [5.41, 5.74) is 1.30. The van der Waals surface area contributed by atoms with E-state index in [4.69, 9.17) is 0 Å². The summed E-state index contributed by atoms with van der Waals surface area (Å²) < 4.78 is 1.88. The van der Waals surface area contributed by atoms with Crippen molar-refractivity contribution in [2.75, 3.05) is 20.1 Å². The van der Waals surface area contributed by atoms with E-state index in [2.05, 4.69) is 35.5 Å². The van der Waals surface area contributed by atoms with E-state index in [0.29, 0.717) is 6.04 Å². The molecular formula is C16H30N4. The van der Waals surface area contributed by atoms with Crippen LogP contribution in [0.5, 0.6) is 0 Å². The minimum atomic E-state index is 0.434. The smallest absolute Gasteiger partial charge is 0.0537 e. The lowest BCUT2D eigenvalue weighted by Gasteiger charge is -2.31.